The molecule has 0 spiro atoms. The Kier molecular flexibility index (Phi) is 4.21. The fourth-order valence-corrected chi connectivity index (χ4v) is 2.91. The molecule has 0 unspecified atom stereocenters. The van der Waals surface area contributed by atoms with Gasteiger partial charge in [0.05, 0.1) is 17.9 Å². The third-order valence-electron chi connectivity index (χ3n) is 2.09. The molecule has 0 atom stereocenters. The van der Waals surface area contributed by atoms with E-state index in [9.17, 15) is 0 Å². The van der Waals surface area contributed by atoms with Crippen molar-refractivity contribution in [1.29, 1.82) is 0 Å². The fourth-order valence-electron chi connectivity index (χ4n) is 1.43. The minimum absolute atomic E-state index is 0. The van der Waals surface area contributed by atoms with Gasteiger partial charge in [0.1, 0.15) is 0 Å². The van der Waals surface area contributed by atoms with Gasteiger partial charge in [-0.15, -0.1) is 0 Å². The highest BCUT2D eigenvalue weighted by molar-refractivity contribution is 6.67. The molecule has 2 aromatic rings. The molecule has 0 bridgehead atoms. The first-order chi connectivity index (χ1) is 6.45. The van der Waals surface area contributed by atoms with E-state index >= 15 is 0 Å². The van der Waals surface area contributed by atoms with Crippen LogP contribution in [-0.4, -0.2) is 17.9 Å². The van der Waals surface area contributed by atoms with Crippen LogP contribution in [0.15, 0.2) is 60.7 Å². The molecule has 0 fully saturated rings. The average Bonchev–Trinajstić information content (AvgIpc) is 2.21. The van der Waals surface area contributed by atoms with E-state index in [0.717, 1.165) is 0 Å². The van der Waals surface area contributed by atoms with Crippen molar-refractivity contribution < 1.29 is 0 Å². The Hall–Kier alpha value is -1.28. The van der Waals surface area contributed by atoms with Crippen molar-refractivity contribution in [2.75, 3.05) is 0 Å². The van der Waals surface area contributed by atoms with Gasteiger partial charge in [0.2, 0.25) is 0 Å². The average molecular weight is 198 g/mol. The summed E-state index contributed by atoms with van der Waals surface area (Å²) in [6.07, 6.45) is 0. The van der Waals surface area contributed by atoms with Crippen molar-refractivity contribution in [3.63, 3.8) is 0 Å². The quantitative estimate of drug-likeness (QED) is 0.577. The van der Waals surface area contributed by atoms with Gasteiger partial charge in [0, 0.05) is 0 Å². The Morgan fingerprint density at radius 2 is 0.929 bits per heavy atom. The first kappa shape index (κ1) is 10.8. The topological polar surface area (TPSA) is 0 Å². The molecule has 2 rings (SSSR count). The van der Waals surface area contributed by atoms with Crippen LogP contribution in [0.25, 0.3) is 0 Å². The molecule has 0 aliphatic rings. The molecule has 0 aromatic heterocycles. The molecule has 2 aromatic carbocycles. The normalized spacial score (nSPS) is 9.14. The maximum absolute atomic E-state index is 2.22. The molecule has 0 heterocycles. The van der Waals surface area contributed by atoms with E-state index in [1.807, 2.05) is 0 Å². The molecule has 2 heteroatoms. The summed E-state index contributed by atoms with van der Waals surface area (Å²) in [5.74, 6) is 0. The number of hydrogen-bond acceptors (Lipinski definition) is 0. The molecule has 0 amide bonds. The van der Waals surface area contributed by atoms with Crippen molar-refractivity contribution >= 4 is 28.3 Å². The third-order valence-corrected chi connectivity index (χ3v) is 3.85. The maximum Gasteiger partial charge on any atom is 0.0875 e. The minimum atomic E-state index is -0.234. The van der Waals surface area contributed by atoms with Crippen molar-refractivity contribution in [2.45, 2.75) is 0 Å². The van der Waals surface area contributed by atoms with E-state index in [-0.39, 0.29) is 17.9 Å². The number of benzene rings is 2. The van der Waals surface area contributed by atoms with Crippen LogP contribution < -0.4 is 10.4 Å². The molecule has 0 aliphatic carbocycles. The molecule has 0 radical (unpaired) electrons. The van der Waals surface area contributed by atoms with Crippen LogP contribution in [0.4, 0.5) is 0 Å². The molecule has 14 heavy (non-hydrogen) atoms. The van der Waals surface area contributed by atoms with E-state index < -0.39 is 0 Å². The second-order valence-corrected chi connectivity index (χ2v) is 5.13. The van der Waals surface area contributed by atoms with Crippen LogP contribution in [0, 0.1) is 0 Å². The zero-order valence-corrected chi connectivity index (χ0v) is 8.89. The van der Waals surface area contributed by atoms with Gasteiger partial charge in [-0.3, -0.25) is 0 Å². The summed E-state index contributed by atoms with van der Waals surface area (Å²) < 4.78 is 0. The van der Waals surface area contributed by atoms with Crippen LogP contribution in [0.5, 0.6) is 0 Å². The molecule has 0 N–H and O–H groups in total. The zero-order valence-electron chi connectivity index (χ0n) is 7.48. The van der Waals surface area contributed by atoms with Crippen LogP contribution in [-0.2, 0) is 0 Å². The molecule has 70 valence electrons. The highest BCUT2D eigenvalue weighted by atomic mass is 28.2. The summed E-state index contributed by atoms with van der Waals surface area (Å²) in [7, 11) is -0.234. The van der Waals surface area contributed by atoms with Crippen molar-refractivity contribution in [1.82, 2.24) is 0 Å². The van der Waals surface area contributed by atoms with Gasteiger partial charge < -0.3 is 0 Å². The van der Waals surface area contributed by atoms with Crippen LogP contribution in [0.2, 0.25) is 0 Å². The van der Waals surface area contributed by atoms with E-state index in [1.54, 1.807) is 0 Å². The molecule has 0 saturated carbocycles. The van der Waals surface area contributed by atoms with Gasteiger partial charge >= 0.3 is 0 Å². The predicted octanol–water partition coefficient (Wildman–Crippen LogP) is -0.378. The molecule has 0 aliphatic heterocycles. The Morgan fingerprint density at radius 1 is 0.571 bits per heavy atom. The van der Waals surface area contributed by atoms with Gasteiger partial charge in [-0.05, 0) is 0 Å². The Morgan fingerprint density at radius 3 is 1.29 bits per heavy atom. The molecule has 0 saturated heterocycles. The van der Waals surface area contributed by atoms with Crippen LogP contribution in [0.3, 0.4) is 0 Å². The van der Waals surface area contributed by atoms with Gasteiger partial charge in [-0.1, -0.05) is 71.0 Å². The second-order valence-electron chi connectivity index (χ2n) is 3.15. The third kappa shape index (κ3) is 2.89. The Balaban J connectivity index is 0.000000980. The van der Waals surface area contributed by atoms with Crippen molar-refractivity contribution in [2.24, 2.45) is 0 Å². The number of rotatable bonds is 2. The lowest BCUT2D eigenvalue weighted by Gasteiger charge is -1.99. The first-order valence-electron chi connectivity index (χ1n) is 4.53. The summed E-state index contributed by atoms with van der Waals surface area (Å²) in [4.78, 5) is 0. The summed E-state index contributed by atoms with van der Waals surface area (Å²) in [5.41, 5.74) is 0. The van der Waals surface area contributed by atoms with Crippen LogP contribution in [0.1, 0.15) is 0 Å². The highest BCUT2D eigenvalue weighted by Crippen LogP contribution is 1.84. The fraction of sp³-hybridized carbons (Fsp3) is 0. The largest absolute Gasteiger partial charge is 0.0875 e. The number of hydrogen-bond donors (Lipinski definition) is 0. The summed E-state index contributed by atoms with van der Waals surface area (Å²) in [6.45, 7) is 0. The summed E-state index contributed by atoms with van der Waals surface area (Å²) >= 11 is 0. The van der Waals surface area contributed by atoms with Gasteiger partial charge in [0.25, 0.3) is 0 Å². The monoisotopic (exact) mass is 198 g/mol. The van der Waals surface area contributed by atoms with E-state index in [4.69, 9.17) is 0 Å². The molecular formula is C12H15BSi. The van der Waals surface area contributed by atoms with Crippen LogP contribution >= 0.6 is 0 Å². The lowest BCUT2D eigenvalue weighted by molar-refractivity contribution is 1.75. The summed E-state index contributed by atoms with van der Waals surface area (Å²) in [5, 5.41) is 3.02. The van der Waals surface area contributed by atoms with Crippen molar-refractivity contribution in [3.8, 4) is 0 Å². The SMILES string of the molecule is B.c1ccc([SiH2]c2ccccc2)cc1. The van der Waals surface area contributed by atoms with Gasteiger partial charge in [-0.25, -0.2) is 0 Å². The molecule has 0 nitrogen and oxygen atoms in total. The summed E-state index contributed by atoms with van der Waals surface area (Å²) in [6, 6.07) is 21.5. The van der Waals surface area contributed by atoms with Gasteiger partial charge in [-0.2, -0.15) is 0 Å². The van der Waals surface area contributed by atoms with E-state index in [2.05, 4.69) is 60.7 Å². The van der Waals surface area contributed by atoms with Gasteiger partial charge in [0.15, 0.2) is 0 Å². The lowest BCUT2D eigenvalue weighted by atomic mass is 10.4. The lowest BCUT2D eigenvalue weighted by Crippen LogP contribution is -2.26. The van der Waals surface area contributed by atoms with E-state index in [1.165, 1.54) is 10.4 Å². The smallest absolute Gasteiger partial charge is 0.0633 e. The second kappa shape index (κ2) is 5.45. The minimum Gasteiger partial charge on any atom is -0.0633 e. The van der Waals surface area contributed by atoms with E-state index in [0.29, 0.717) is 0 Å². The zero-order chi connectivity index (χ0) is 8.93. The first-order valence-corrected chi connectivity index (χ1v) is 5.94. The Bertz CT molecular complexity index is 321. The maximum atomic E-state index is 2.22. The predicted molar refractivity (Wildman–Crippen MR) is 70.6 cm³/mol. The molecular weight excluding hydrogens is 183 g/mol. The standard InChI is InChI=1S/C12H12Si.BH3/c1-3-7-11(8-4-1)13-12-9-5-2-6-10-12;/h1-10H,13H2;1H3. The highest BCUT2D eigenvalue weighted by Gasteiger charge is 1.93. The Labute approximate surface area is 89.4 Å². The van der Waals surface area contributed by atoms with Crippen molar-refractivity contribution in [3.05, 3.63) is 60.7 Å².